The number of nitrogens with zero attached hydrogens (tertiary/aromatic N) is 5. The molecule has 0 N–H and O–H groups in total. The van der Waals surface area contributed by atoms with E-state index >= 15 is 0 Å². The number of hydrogen-bond donors (Lipinski definition) is 0. The molecule has 0 bridgehead atoms. The minimum absolute atomic E-state index is 0.665. The lowest BCUT2D eigenvalue weighted by atomic mass is 10.0. The zero-order valence-electron chi connectivity index (χ0n) is 27.1. The van der Waals surface area contributed by atoms with Crippen molar-refractivity contribution in [2.45, 2.75) is 0 Å². The largest absolute Gasteiger partial charge is 0.308 e. The van der Waals surface area contributed by atoms with Crippen LogP contribution in [-0.4, -0.2) is 23.9 Å². The molecule has 12 rings (SSSR count). The van der Waals surface area contributed by atoms with E-state index in [1.54, 1.807) is 11.3 Å². The summed E-state index contributed by atoms with van der Waals surface area (Å²) in [6, 6.07) is 53.8. The molecule has 0 unspecified atom stereocenters. The lowest BCUT2D eigenvalue weighted by Gasteiger charge is -2.12. The van der Waals surface area contributed by atoms with Crippen molar-refractivity contribution < 1.29 is 0 Å². The third-order valence-corrected chi connectivity index (χ3v) is 11.6. The van der Waals surface area contributed by atoms with E-state index in [0.29, 0.717) is 5.95 Å². The summed E-state index contributed by atoms with van der Waals surface area (Å²) >= 11 is 1.78. The Morgan fingerprint density at radius 2 is 1.06 bits per heavy atom. The standard InChI is InChI=1S/C45H25N5S/c1-2-12-26(13-3-1)44-46-35-25-32-30-16-7-9-19-36(30)49-39-23-22-27(24-33(39)40(42(32)49)43(35)51-44)41-31-17-4-8-18-34(31)47-45(48-41)50-37-20-10-5-14-28(37)29-15-6-11-21-38(29)50/h1-25H. The van der Waals surface area contributed by atoms with Crippen LogP contribution in [-0.2, 0) is 0 Å². The maximum Gasteiger partial charge on any atom is 0.235 e. The number of para-hydroxylation sites is 4. The molecule has 0 saturated heterocycles. The van der Waals surface area contributed by atoms with Crippen molar-refractivity contribution in [1.82, 2.24) is 23.9 Å². The van der Waals surface area contributed by atoms with Gasteiger partial charge in [0.25, 0.3) is 0 Å². The fraction of sp³-hybridized carbons (Fsp3) is 0. The molecule has 236 valence electrons. The summed E-state index contributed by atoms with van der Waals surface area (Å²) in [5, 5.41) is 9.37. The van der Waals surface area contributed by atoms with Gasteiger partial charge in [0.2, 0.25) is 5.95 Å². The van der Waals surface area contributed by atoms with E-state index in [1.807, 2.05) is 0 Å². The Hall–Kier alpha value is -6.63. The maximum absolute atomic E-state index is 5.42. The van der Waals surface area contributed by atoms with E-state index < -0.39 is 0 Å². The lowest BCUT2D eigenvalue weighted by molar-refractivity contribution is 1.01. The van der Waals surface area contributed by atoms with Gasteiger partial charge in [-0.2, -0.15) is 0 Å². The van der Waals surface area contributed by atoms with Crippen LogP contribution in [0.15, 0.2) is 152 Å². The molecule has 0 radical (unpaired) electrons. The molecule has 12 aromatic rings. The third-order valence-electron chi connectivity index (χ3n) is 10.5. The second-order valence-electron chi connectivity index (χ2n) is 13.2. The van der Waals surface area contributed by atoms with E-state index in [1.165, 1.54) is 53.6 Å². The Morgan fingerprint density at radius 1 is 0.431 bits per heavy atom. The zero-order valence-corrected chi connectivity index (χ0v) is 27.9. The van der Waals surface area contributed by atoms with Gasteiger partial charge in [-0.05, 0) is 42.5 Å². The first-order valence-corrected chi connectivity index (χ1v) is 17.9. The van der Waals surface area contributed by atoms with Crippen molar-refractivity contribution in [1.29, 1.82) is 0 Å². The summed E-state index contributed by atoms with van der Waals surface area (Å²) in [5.41, 5.74) is 10.9. The van der Waals surface area contributed by atoms with Crippen molar-refractivity contribution in [3.63, 3.8) is 0 Å². The molecule has 51 heavy (non-hydrogen) atoms. The highest BCUT2D eigenvalue weighted by atomic mass is 32.1. The molecular weight excluding hydrogens is 643 g/mol. The summed E-state index contributed by atoms with van der Waals surface area (Å²) in [4.78, 5) is 15.8. The average molecular weight is 668 g/mol. The predicted octanol–water partition coefficient (Wildman–Crippen LogP) is 11.8. The second-order valence-corrected chi connectivity index (χ2v) is 14.2. The van der Waals surface area contributed by atoms with Gasteiger partial charge in [-0.25, -0.2) is 15.0 Å². The molecule has 6 heteroatoms. The number of benzene rings is 7. The Bertz CT molecular complexity index is 3320. The van der Waals surface area contributed by atoms with E-state index in [-0.39, 0.29) is 0 Å². The van der Waals surface area contributed by atoms with E-state index in [2.05, 4.69) is 161 Å². The van der Waals surface area contributed by atoms with Gasteiger partial charge in [-0.3, -0.25) is 4.57 Å². The first kappa shape index (κ1) is 27.2. The quantitative estimate of drug-likeness (QED) is 0.188. The molecule has 0 aliphatic carbocycles. The fourth-order valence-electron chi connectivity index (χ4n) is 8.32. The predicted molar refractivity (Wildman–Crippen MR) is 213 cm³/mol. The third kappa shape index (κ3) is 3.66. The van der Waals surface area contributed by atoms with E-state index in [9.17, 15) is 0 Å². The van der Waals surface area contributed by atoms with Gasteiger partial charge in [0, 0.05) is 48.8 Å². The molecule has 0 fully saturated rings. The minimum Gasteiger partial charge on any atom is -0.308 e. The molecule has 0 atom stereocenters. The maximum atomic E-state index is 5.42. The smallest absolute Gasteiger partial charge is 0.235 e. The van der Waals surface area contributed by atoms with Crippen molar-refractivity contribution in [2.24, 2.45) is 0 Å². The van der Waals surface area contributed by atoms with Crippen molar-refractivity contribution in [3.05, 3.63) is 152 Å². The van der Waals surface area contributed by atoms with Crippen LogP contribution in [0, 0.1) is 0 Å². The number of hydrogen-bond acceptors (Lipinski definition) is 4. The molecule has 7 aromatic carbocycles. The van der Waals surface area contributed by atoms with Crippen molar-refractivity contribution in [3.8, 4) is 27.8 Å². The Labute approximate surface area is 294 Å². The molecule has 5 aromatic heterocycles. The Balaban J connectivity index is 1.18. The molecule has 0 aliphatic rings. The van der Waals surface area contributed by atoms with Crippen LogP contribution >= 0.6 is 11.3 Å². The minimum atomic E-state index is 0.665. The van der Waals surface area contributed by atoms with Gasteiger partial charge in [0.15, 0.2) is 0 Å². The van der Waals surface area contributed by atoms with Crippen LogP contribution in [0.3, 0.4) is 0 Å². The van der Waals surface area contributed by atoms with Crippen LogP contribution in [0.4, 0.5) is 0 Å². The molecule has 5 nitrogen and oxygen atoms in total. The SMILES string of the molecule is c1ccc(-c2nc3cc4c5ccccc5n5c6ccc(-c7nc(-n8c9ccccc9c9ccccc98)nc8ccccc78)cc6c(c3s2)c45)cc1. The van der Waals surface area contributed by atoms with Gasteiger partial charge in [-0.1, -0.05) is 109 Å². The van der Waals surface area contributed by atoms with Crippen LogP contribution in [0.5, 0.6) is 0 Å². The number of fused-ring (bicyclic) bond motifs is 12. The number of thiazole rings is 1. The Kier molecular flexibility index (Phi) is 5.32. The molecule has 0 amide bonds. The molecule has 0 aliphatic heterocycles. The average Bonchev–Trinajstić information content (AvgIpc) is 3.94. The first-order valence-electron chi connectivity index (χ1n) is 17.1. The van der Waals surface area contributed by atoms with Gasteiger partial charge in [0.1, 0.15) is 5.01 Å². The summed E-state index contributed by atoms with van der Waals surface area (Å²) in [6.45, 7) is 0. The Morgan fingerprint density at radius 3 is 1.82 bits per heavy atom. The molecule has 5 heterocycles. The fourth-order valence-corrected chi connectivity index (χ4v) is 9.42. The van der Waals surface area contributed by atoms with Crippen LogP contribution in [0.1, 0.15) is 0 Å². The highest BCUT2D eigenvalue weighted by Gasteiger charge is 2.23. The zero-order chi connectivity index (χ0) is 33.2. The topological polar surface area (TPSA) is 48.0 Å². The number of aromatic nitrogens is 5. The second kappa shape index (κ2) is 9.97. The lowest BCUT2D eigenvalue weighted by Crippen LogP contribution is -2.03. The van der Waals surface area contributed by atoms with Crippen molar-refractivity contribution >= 4 is 92.4 Å². The van der Waals surface area contributed by atoms with Gasteiger partial charge in [-0.15, -0.1) is 11.3 Å². The van der Waals surface area contributed by atoms with Gasteiger partial charge in [0.05, 0.1) is 49.0 Å². The van der Waals surface area contributed by atoms with Crippen LogP contribution < -0.4 is 0 Å². The van der Waals surface area contributed by atoms with Crippen LogP contribution in [0.25, 0.3) is 109 Å². The summed E-state index contributed by atoms with van der Waals surface area (Å²) in [5.74, 6) is 0.665. The molecular formula is C45H25N5S. The van der Waals surface area contributed by atoms with E-state index in [4.69, 9.17) is 15.0 Å². The molecule has 0 spiro atoms. The van der Waals surface area contributed by atoms with Crippen LogP contribution in [0.2, 0.25) is 0 Å². The van der Waals surface area contributed by atoms with Gasteiger partial charge < -0.3 is 4.40 Å². The molecule has 0 saturated carbocycles. The summed E-state index contributed by atoms with van der Waals surface area (Å²) < 4.78 is 5.86. The van der Waals surface area contributed by atoms with E-state index in [0.717, 1.165) is 49.3 Å². The summed E-state index contributed by atoms with van der Waals surface area (Å²) in [6.07, 6.45) is 0. The highest BCUT2D eigenvalue weighted by Crippen LogP contribution is 2.46. The highest BCUT2D eigenvalue weighted by molar-refractivity contribution is 7.22. The normalized spacial score (nSPS) is 12.3. The number of rotatable bonds is 3. The monoisotopic (exact) mass is 667 g/mol. The van der Waals surface area contributed by atoms with Gasteiger partial charge >= 0.3 is 0 Å². The van der Waals surface area contributed by atoms with Crippen molar-refractivity contribution in [2.75, 3.05) is 0 Å². The summed E-state index contributed by atoms with van der Waals surface area (Å²) in [7, 11) is 0. The first-order chi connectivity index (χ1) is 25.3.